The van der Waals surface area contributed by atoms with Crippen LogP contribution in [0.15, 0.2) is 18.2 Å². The van der Waals surface area contributed by atoms with Gasteiger partial charge < -0.3 is 10.2 Å². The molecule has 1 aromatic rings. The Morgan fingerprint density at radius 1 is 1.03 bits per heavy atom. The number of ketones is 1. The maximum Gasteiger partial charge on any atom is 0.254 e. The van der Waals surface area contributed by atoms with Gasteiger partial charge in [0.2, 0.25) is 5.91 Å². The number of piperidine rings is 1. The van der Waals surface area contributed by atoms with Gasteiger partial charge in [-0.05, 0) is 62.0 Å². The highest BCUT2D eigenvalue weighted by molar-refractivity contribution is 5.98. The lowest BCUT2D eigenvalue weighted by atomic mass is 9.81. The van der Waals surface area contributed by atoms with E-state index in [0.717, 1.165) is 38.5 Å². The van der Waals surface area contributed by atoms with Gasteiger partial charge in [-0.15, -0.1) is 0 Å². The average molecular weight is 443 g/mol. The minimum Gasteiger partial charge on any atom is -0.342 e. The zero-order valence-electron chi connectivity index (χ0n) is 19.1. The number of halogens is 1. The lowest BCUT2D eigenvalue weighted by molar-refractivity contribution is -0.133. The van der Waals surface area contributed by atoms with Gasteiger partial charge in [0, 0.05) is 25.4 Å². The van der Waals surface area contributed by atoms with Crippen LogP contribution in [0.5, 0.6) is 0 Å². The van der Waals surface area contributed by atoms with E-state index in [9.17, 15) is 14.4 Å². The van der Waals surface area contributed by atoms with Crippen LogP contribution in [-0.4, -0.2) is 41.6 Å². The van der Waals surface area contributed by atoms with Crippen LogP contribution in [0, 0.1) is 17.7 Å². The second kappa shape index (κ2) is 10.1. The van der Waals surface area contributed by atoms with Crippen molar-refractivity contribution in [1.82, 2.24) is 10.2 Å². The number of benzene rings is 1. The Balaban J connectivity index is 1.44. The Hall–Kier alpha value is -2.24. The summed E-state index contributed by atoms with van der Waals surface area (Å²) in [6.07, 6.45) is 8.93. The third-order valence-corrected chi connectivity index (χ3v) is 7.55. The number of carbonyl (C=O) groups is 3. The molecule has 1 atom stereocenters. The van der Waals surface area contributed by atoms with Crippen molar-refractivity contribution in [2.75, 3.05) is 13.1 Å². The molecule has 174 valence electrons. The Labute approximate surface area is 190 Å². The van der Waals surface area contributed by atoms with E-state index < -0.39 is 17.8 Å². The number of hydrogen-bond donors (Lipinski definition) is 1. The zero-order chi connectivity index (χ0) is 22.7. The Morgan fingerprint density at radius 3 is 2.34 bits per heavy atom. The van der Waals surface area contributed by atoms with E-state index in [1.165, 1.54) is 12.5 Å². The fourth-order valence-corrected chi connectivity index (χ4v) is 5.41. The number of rotatable bonds is 7. The minimum atomic E-state index is -0.535. The van der Waals surface area contributed by atoms with Crippen LogP contribution in [0.1, 0.15) is 93.0 Å². The molecule has 3 fully saturated rings. The quantitative estimate of drug-likeness (QED) is 0.671. The smallest absolute Gasteiger partial charge is 0.254 e. The number of amides is 2. The molecule has 2 aliphatic carbocycles. The molecule has 4 rings (SSSR count). The molecule has 3 aliphatic rings. The molecule has 2 saturated carbocycles. The molecule has 0 bridgehead atoms. The first-order valence-electron chi connectivity index (χ1n) is 12.4. The SMILES string of the molecule is CCC(=O)C(NC(=O)c1cccc(C2CCN(C(=O)C3CC3)CC2)c1F)C1CCCCC1. The molecule has 2 amide bonds. The van der Waals surface area contributed by atoms with Gasteiger partial charge in [0.15, 0.2) is 5.78 Å². The molecule has 1 N–H and O–H groups in total. The monoisotopic (exact) mass is 442 g/mol. The number of Topliss-reactive ketones (excluding diaryl/α,β-unsaturated/α-hetero) is 1. The molecule has 0 spiro atoms. The first kappa shape index (κ1) is 22.9. The normalized spacial score (nSPS) is 21.2. The lowest BCUT2D eigenvalue weighted by Crippen LogP contribution is -2.46. The highest BCUT2D eigenvalue weighted by Crippen LogP contribution is 2.35. The van der Waals surface area contributed by atoms with Crippen LogP contribution in [0.25, 0.3) is 0 Å². The summed E-state index contributed by atoms with van der Waals surface area (Å²) in [6, 6.07) is 4.46. The number of hydrogen-bond acceptors (Lipinski definition) is 3. The number of likely N-dealkylation sites (tertiary alicyclic amines) is 1. The van der Waals surface area contributed by atoms with Gasteiger partial charge in [-0.25, -0.2) is 4.39 Å². The molecule has 1 heterocycles. The fraction of sp³-hybridized carbons (Fsp3) is 0.654. The van der Waals surface area contributed by atoms with Crippen molar-refractivity contribution < 1.29 is 18.8 Å². The molecule has 0 aromatic heterocycles. The van der Waals surface area contributed by atoms with Crippen LogP contribution in [-0.2, 0) is 9.59 Å². The summed E-state index contributed by atoms with van der Waals surface area (Å²) in [7, 11) is 0. The molecule has 5 nitrogen and oxygen atoms in total. The van der Waals surface area contributed by atoms with Gasteiger partial charge in [0.05, 0.1) is 11.6 Å². The first-order valence-corrected chi connectivity index (χ1v) is 12.4. The topological polar surface area (TPSA) is 66.5 Å². The molecule has 1 saturated heterocycles. The Morgan fingerprint density at radius 2 is 1.72 bits per heavy atom. The Bertz CT molecular complexity index is 853. The van der Waals surface area contributed by atoms with Gasteiger partial charge in [-0.3, -0.25) is 14.4 Å². The third-order valence-electron chi connectivity index (χ3n) is 7.55. The van der Waals surface area contributed by atoms with Crippen LogP contribution in [0.3, 0.4) is 0 Å². The molecule has 6 heteroatoms. The van der Waals surface area contributed by atoms with Crippen molar-refractivity contribution in [3.8, 4) is 0 Å². The number of nitrogens with one attached hydrogen (secondary N) is 1. The zero-order valence-corrected chi connectivity index (χ0v) is 19.1. The van der Waals surface area contributed by atoms with E-state index >= 15 is 4.39 Å². The summed E-state index contributed by atoms with van der Waals surface area (Å²) < 4.78 is 15.5. The van der Waals surface area contributed by atoms with Crippen LogP contribution < -0.4 is 5.32 Å². The van der Waals surface area contributed by atoms with Gasteiger partial charge in [0.25, 0.3) is 5.91 Å². The first-order chi connectivity index (χ1) is 15.5. The van der Waals surface area contributed by atoms with Gasteiger partial charge in [0.1, 0.15) is 5.82 Å². The van der Waals surface area contributed by atoms with Crippen molar-refractivity contribution >= 4 is 17.6 Å². The molecule has 1 unspecified atom stereocenters. The largest absolute Gasteiger partial charge is 0.342 e. The van der Waals surface area contributed by atoms with E-state index in [1.54, 1.807) is 12.1 Å². The molecular formula is C26H35FN2O3. The lowest BCUT2D eigenvalue weighted by Gasteiger charge is -2.33. The molecular weight excluding hydrogens is 407 g/mol. The minimum absolute atomic E-state index is 0.00239. The summed E-state index contributed by atoms with van der Waals surface area (Å²) >= 11 is 0. The van der Waals surface area contributed by atoms with Crippen molar-refractivity contribution in [3.63, 3.8) is 0 Å². The Kier molecular flexibility index (Phi) is 7.27. The maximum atomic E-state index is 15.5. The van der Waals surface area contributed by atoms with E-state index in [1.807, 2.05) is 11.8 Å². The fourth-order valence-electron chi connectivity index (χ4n) is 5.41. The predicted octanol–water partition coefficient (Wildman–Crippen LogP) is 4.60. The van der Waals surface area contributed by atoms with E-state index in [0.29, 0.717) is 37.9 Å². The predicted molar refractivity (Wildman–Crippen MR) is 121 cm³/mol. The van der Waals surface area contributed by atoms with Crippen LogP contribution >= 0.6 is 0 Å². The number of carbonyl (C=O) groups excluding carboxylic acids is 3. The van der Waals surface area contributed by atoms with Crippen molar-refractivity contribution in [3.05, 3.63) is 35.1 Å². The van der Waals surface area contributed by atoms with Gasteiger partial charge in [-0.2, -0.15) is 0 Å². The van der Waals surface area contributed by atoms with E-state index in [4.69, 9.17) is 0 Å². The van der Waals surface area contributed by atoms with E-state index in [2.05, 4.69) is 5.32 Å². The standard InChI is InChI=1S/C26H35FN2O3/c1-2-22(30)24(18-7-4-3-5-8-18)28-25(31)21-10-6-9-20(23(21)27)17-13-15-29(16-14-17)26(32)19-11-12-19/h6,9-10,17-19,24H,2-5,7-8,11-16H2,1H3,(H,28,31). The molecule has 0 radical (unpaired) electrons. The molecule has 1 aliphatic heterocycles. The van der Waals surface area contributed by atoms with E-state index in [-0.39, 0.29) is 35.0 Å². The maximum absolute atomic E-state index is 15.5. The molecule has 1 aromatic carbocycles. The van der Waals surface area contributed by atoms with Gasteiger partial charge >= 0.3 is 0 Å². The summed E-state index contributed by atoms with van der Waals surface area (Å²) in [5.41, 5.74) is 0.566. The molecule has 32 heavy (non-hydrogen) atoms. The highest BCUT2D eigenvalue weighted by Gasteiger charge is 2.36. The van der Waals surface area contributed by atoms with Crippen molar-refractivity contribution in [2.45, 2.75) is 83.1 Å². The third kappa shape index (κ3) is 5.05. The average Bonchev–Trinajstić information content (AvgIpc) is 3.68. The van der Waals surface area contributed by atoms with Crippen molar-refractivity contribution in [1.29, 1.82) is 0 Å². The van der Waals surface area contributed by atoms with Crippen molar-refractivity contribution in [2.24, 2.45) is 11.8 Å². The van der Waals surface area contributed by atoms with Crippen LogP contribution in [0.4, 0.5) is 4.39 Å². The second-order valence-electron chi connectivity index (χ2n) is 9.75. The second-order valence-corrected chi connectivity index (χ2v) is 9.75. The highest BCUT2D eigenvalue weighted by atomic mass is 19.1. The van der Waals surface area contributed by atoms with Crippen LogP contribution in [0.2, 0.25) is 0 Å². The number of nitrogens with zero attached hydrogens (tertiary/aromatic N) is 1. The van der Waals surface area contributed by atoms with Gasteiger partial charge in [-0.1, -0.05) is 38.3 Å². The summed E-state index contributed by atoms with van der Waals surface area (Å²) in [4.78, 5) is 39.8. The summed E-state index contributed by atoms with van der Waals surface area (Å²) in [5.74, 6) is -0.373. The summed E-state index contributed by atoms with van der Waals surface area (Å²) in [6.45, 7) is 3.10. The summed E-state index contributed by atoms with van der Waals surface area (Å²) in [5, 5.41) is 2.88.